The molecule has 2 atom stereocenters. The first-order chi connectivity index (χ1) is 10.7. The number of nitrogens with one attached hydrogen (secondary N) is 1. The minimum Gasteiger partial charge on any atom is -0.472 e. The summed E-state index contributed by atoms with van der Waals surface area (Å²) < 4.78 is 10.1. The lowest BCUT2D eigenvalue weighted by Gasteiger charge is -2.28. The average molecular weight is 326 g/mol. The second-order valence-electron chi connectivity index (χ2n) is 5.05. The van der Waals surface area contributed by atoms with E-state index in [0.717, 1.165) is 12.0 Å². The first kappa shape index (κ1) is 16.9. The molecule has 0 aliphatic carbocycles. The largest absolute Gasteiger partial charge is 0.472 e. The van der Waals surface area contributed by atoms with Gasteiger partial charge in [-0.2, -0.15) is 0 Å². The van der Waals surface area contributed by atoms with Gasteiger partial charge in [0.1, 0.15) is 11.4 Å². The van der Waals surface area contributed by atoms with E-state index in [1.165, 1.54) is 0 Å². The average Bonchev–Trinajstić information content (AvgIpc) is 3.18. The quantitative estimate of drug-likeness (QED) is 0.774. The summed E-state index contributed by atoms with van der Waals surface area (Å²) in [7, 11) is 1.63. The minimum atomic E-state index is -0.431. The molecule has 7 heteroatoms. The molecule has 1 N–H and O–H groups in total. The van der Waals surface area contributed by atoms with Crippen molar-refractivity contribution in [3.05, 3.63) is 24.2 Å². The normalized spacial score (nSPS) is 21.1. The Morgan fingerprint density at radius 2 is 2.36 bits per heavy atom. The number of methoxy groups -OCH3 is 1. The topological polar surface area (TPSA) is 71.8 Å². The molecular formula is C15H22N2O4S. The molecule has 0 bridgehead atoms. The lowest BCUT2D eigenvalue weighted by molar-refractivity contribution is -0.139. The number of hydrogen-bond donors (Lipinski definition) is 1. The van der Waals surface area contributed by atoms with E-state index in [1.807, 2.05) is 13.0 Å². The number of amides is 2. The zero-order valence-electron chi connectivity index (χ0n) is 12.9. The second-order valence-corrected chi connectivity index (χ2v) is 6.16. The van der Waals surface area contributed by atoms with E-state index < -0.39 is 6.04 Å². The van der Waals surface area contributed by atoms with Crippen LogP contribution >= 0.6 is 11.8 Å². The van der Waals surface area contributed by atoms with E-state index in [0.29, 0.717) is 25.3 Å². The van der Waals surface area contributed by atoms with Crippen molar-refractivity contribution in [2.75, 3.05) is 26.0 Å². The zero-order valence-corrected chi connectivity index (χ0v) is 13.7. The summed E-state index contributed by atoms with van der Waals surface area (Å²) in [6, 6.07) is 1.41. The molecule has 2 rings (SSSR count). The van der Waals surface area contributed by atoms with Gasteiger partial charge in [0, 0.05) is 38.0 Å². The van der Waals surface area contributed by atoms with E-state index in [9.17, 15) is 9.59 Å². The van der Waals surface area contributed by atoms with Crippen molar-refractivity contribution >= 4 is 23.6 Å². The van der Waals surface area contributed by atoms with Crippen molar-refractivity contribution in [2.45, 2.75) is 31.2 Å². The van der Waals surface area contributed by atoms with Gasteiger partial charge >= 0.3 is 0 Å². The van der Waals surface area contributed by atoms with Crippen LogP contribution in [0.4, 0.5) is 0 Å². The maximum atomic E-state index is 12.4. The van der Waals surface area contributed by atoms with Crippen molar-refractivity contribution < 1.29 is 18.7 Å². The summed E-state index contributed by atoms with van der Waals surface area (Å²) in [5.74, 6) is 0.474. The summed E-state index contributed by atoms with van der Waals surface area (Å²) in [5.41, 5.74) is 0.918. The Balaban J connectivity index is 2.03. The van der Waals surface area contributed by atoms with Crippen LogP contribution in [-0.2, 0) is 14.3 Å². The highest BCUT2D eigenvalue weighted by atomic mass is 32.2. The molecule has 1 aliphatic heterocycles. The SMILES string of the molecule is CCC(=O)N1C(C(=O)NCCCOC)CSC1c1ccoc1. The van der Waals surface area contributed by atoms with Gasteiger partial charge in [-0.25, -0.2) is 0 Å². The Kier molecular flexibility index (Phi) is 6.33. The molecule has 0 saturated carbocycles. The van der Waals surface area contributed by atoms with Crippen molar-refractivity contribution in [1.82, 2.24) is 10.2 Å². The predicted octanol–water partition coefficient (Wildman–Crippen LogP) is 1.78. The lowest BCUT2D eigenvalue weighted by atomic mass is 10.2. The fourth-order valence-corrected chi connectivity index (χ4v) is 3.84. The second kappa shape index (κ2) is 8.24. The molecule has 1 aromatic heterocycles. The molecule has 1 aliphatic rings. The highest BCUT2D eigenvalue weighted by Gasteiger charge is 2.41. The van der Waals surface area contributed by atoms with Gasteiger partial charge in [0.2, 0.25) is 11.8 Å². The van der Waals surface area contributed by atoms with Crippen LogP contribution in [0.15, 0.2) is 23.0 Å². The van der Waals surface area contributed by atoms with Crippen LogP contribution in [0.25, 0.3) is 0 Å². The van der Waals surface area contributed by atoms with E-state index in [2.05, 4.69) is 5.32 Å². The first-order valence-electron chi connectivity index (χ1n) is 7.40. The van der Waals surface area contributed by atoms with Gasteiger partial charge in [0.15, 0.2) is 0 Å². The summed E-state index contributed by atoms with van der Waals surface area (Å²) in [6.45, 7) is 2.97. The van der Waals surface area contributed by atoms with Gasteiger partial charge in [-0.3, -0.25) is 9.59 Å². The molecular weight excluding hydrogens is 304 g/mol. The third-order valence-electron chi connectivity index (χ3n) is 3.55. The maximum absolute atomic E-state index is 12.4. The Hall–Kier alpha value is -1.47. The standard InChI is InChI=1S/C15H22N2O4S/c1-3-13(18)17-12(14(19)16-6-4-7-20-2)10-22-15(17)11-5-8-21-9-11/h5,8-9,12,15H,3-4,6-7,10H2,1-2H3,(H,16,19). The van der Waals surface area contributed by atoms with E-state index >= 15 is 0 Å². The highest BCUT2D eigenvalue weighted by Crippen LogP contribution is 2.41. The fourth-order valence-electron chi connectivity index (χ4n) is 2.41. The van der Waals surface area contributed by atoms with Gasteiger partial charge in [0.05, 0.1) is 12.5 Å². The van der Waals surface area contributed by atoms with Crippen LogP contribution in [0.1, 0.15) is 30.7 Å². The van der Waals surface area contributed by atoms with Gasteiger partial charge < -0.3 is 19.4 Å². The number of ether oxygens (including phenoxy) is 1. The van der Waals surface area contributed by atoms with Crippen LogP contribution in [-0.4, -0.2) is 48.8 Å². The van der Waals surface area contributed by atoms with Gasteiger partial charge in [-0.15, -0.1) is 11.8 Å². The zero-order chi connectivity index (χ0) is 15.9. The van der Waals surface area contributed by atoms with E-state index in [1.54, 1.807) is 36.3 Å². The fraction of sp³-hybridized carbons (Fsp3) is 0.600. The van der Waals surface area contributed by atoms with Crippen molar-refractivity contribution in [2.24, 2.45) is 0 Å². The number of furan rings is 1. The summed E-state index contributed by atoms with van der Waals surface area (Å²) in [6.07, 6.45) is 4.35. The molecule has 0 radical (unpaired) electrons. The molecule has 1 saturated heterocycles. The summed E-state index contributed by atoms with van der Waals surface area (Å²) in [4.78, 5) is 26.3. The van der Waals surface area contributed by atoms with Crippen LogP contribution in [0.5, 0.6) is 0 Å². The van der Waals surface area contributed by atoms with Crippen molar-refractivity contribution in [3.63, 3.8) is 0 Å². The number of rotatable bonds is 7. The van der Waals surface area contributed by atoms with E-state index in [4.69, 9.17) is 9.15 Å². The Morgan fingerprint density at radius 1 is 1.55 bits per heavy atom. The third kappa shape index (κ3) is 3.84. The summed E-state index contributed by atoms with van der Waals surface area (Å²) >= 11 is 1.59. The minimum absolute atomic E-state index is 0.0201. The molecule has 2 amide bonds. The Morgan fingerprint density at radius 3 is 3.00 bits per heavy atom. The van der Waals surface area contributed by atoms with Crippen LogP contribution in [0.3, 0.4) is 0 Å². The Labute approximate surface area is 134 Å². The highest BCUT2D eigenvalue weighted by molar-refractivity contribution is 7.99. The molecule has 0 aromatic carbocycles. The molecule has 0 spiro atoms. The number of thioether (sulfide) groups is 1. The third-order valence-corrected chi connectivity index (χ3v) is 4.87. The monoisotopic (exact) mass is 326 g/mol. The van der Waals surface area contributed by atoms with Crippen molar-refractivity contribution in [1.29, 1.82) is 0 Å². The van der Waals surface area contributed by atoms with Crippen LogP contribution in [0.2, 0.25) is 0 Å². The van der Waals surface area contributed by atoms with Gasteiger partial charge in [-0.1, -0.05) is 6.92 Å². The molecule has 6 nitrogen and oxygen atoms in total. The number of carbonyl (C=O) groups is 2. The number of nitrogens with zero attached hydrogens (tertiary/aromatic N) is 1. The van der Waals surface area contributed by atoms with Gasteiger partial charge in [0.25, 0.3) is 0 Å². The predicted molar refractivity (Wildman–Crippen MR) is 84.3 cm³/mol. The number of carbonyl (C=O) groups excluding carboxylic acids is 2. The Bertz CT molecular complexity index is 492. The molecule has 1 aromatic rings. The van der Waals surface area contributed by atoms with E-state index in [-0.39, 0.29) is 17.2 Å². The van der Waals surface area contributed by atoms with Crippen LogP contribution < -0.4 is 5.32 Å². The molecule has 22 heavy (non-hydrogen) atoms. The first-order valence-corrected chi connectivity index (χ1v) is 8.45. The summed E-state index contributed by atoms with van der Waals surface area (Å²) in [5, 5.41) is 2.73. The molecule has 2 heterocycles. The van der Waals surface area contributed by atoms with Gasteiger partial charge in [-0.05, 0) is 12.5 Å². The molecule has 1 fully saturated rings. The smallest absolute Gasteiger partial charge is 0.243 e. The number of hydrogen-bond acceptors (Lipinski definition) is 5. The van der Waals surface area contributed by atoms with Crippen LogP contribution in [0, 0.1) is 0 Å². The maximum Gasteiger partial charge on any atom is 0.243 e. The van der Waals surface area contributed by atoms with Crippen molar-refractivity contribution in [3.8, 4) is 0 Å². The molecule has 2 unspecified atom stereocenters. The molecule has 122 valence electrons. The lowest BCUT2D eigenvalue weighted by Crippen LogP contribution is -2.48.